The third-order valence-corrected chi connectivity index (χ3v) is 2.95. The standard InChI is InChI=1S/C15H16F5NO2/c1-9(2)12(8-13(22)14(16,17)15(18,19)20)21-10-4-6-11(23-3)7-5-10/h4-9,21H,1-3H3/b12-8-. The first kappa shape index (κ1) is 18.9. The molecule has 0 aliphatic heterocycles. The van der Waals surface area contributed by atoms with Crippen LogP contribution in [0.5, 0.6) is 5.75 Å². The van der Waals surface area contributed by atoms with E-state index < -0.39 is 23.8 Å². The lowest BCUT2D eigenvalue weighted by Crippen LogP contribution is -2.43. The second-order valence-electron chi connectivity index (χ2n) is 5.04. The normalized spacial score (nSPS) is 13.2. The van der Waals surface area contributed by atoms with Gasteiger partial charge in [0.05, 0.1) is 7.11 Å². The number of anilines is 1. The maximum absolute atomic E-state index is 13.0. The molecule has 1 rings (SSSR count). The van der Waals surface area contributed by atoms with Gasteiger partial charge >= 0.3 is 12.1 Å². The first-order valence-electron chi connectivity index (χ1n) is 6.60. The van der Waals surface area contributed by atoms with Crippen molar-refractivity contribution in [2.75, 3.05) is 12.4 Å². The summed E-state index contributed by atoms with van der Waals surface area (Å²) in [7, 11) is 1.46. The maximum atomic E-state index is 13.0. The van der Waals surface area contributed by atoms with E-state index in [-0.39, 0.29) is 5.70 Å². The summed E-state index contributed by atoms with van der Waals surface area (Å²) in [5, 5.41) is 2.67. The van der Waals surface area contributed by atoms with Gasteiger partial charge in [0, 0.05) is 17.5 Å². The first-order valence-corrected chi connectivity index (χ1v) is 6.60. The Hall–Kier alpha value is -2.12. The average Bonchev–Trinajstić information content (AvgIpc) is 2.45. The zero-order valence-corrected chi connectivity index (χ0v) is 12.7. The molecule has 1 N–H and O–H groups in total. The van der Waals surface area contributed by atoms with Gasteiger partial charge in [0.1, 0.15) is 5.75 Å². The number of hydrogen-bond acceptors (Lipinski definition) is 3. The van der Waals surface area contributed by atoms with Crippen molar-refractivity contribution >= 4 is 11.5 Å². The van der Waals surface area contributed by atoms with Gasteiger partial charge < -0.3 is 10.1 Å². The molecule has 1 aromatic carbocycles. The van der Waals surface area contributed by atoms with Gasteiger partial charge in [-0.2, -0.15) is 22.0 Å². The molecule has 23 heavy (non-hydrogen) atoms. The Bertz CT molecular complexity index is 577. The Morgan fingerprint density at radius 3 is 2.04 bits per heavy atom. The van der Waals surface area contributed by atoms with Gasteiger partial charge in [-0.05, 0) is 30.2 Å². The highest BCUT2D eigenvalue weighted by Gasteiger charge is 2.62. The van der Waals surface area contributed by atoms with Crippen molar-refractivity contribution in [3.05, 3.63) is 36.0 Å². The largest absolute Gasteiger partial charge is 0.497 e. The number of allylic oxidation sites excluding steroid dienone is 2. The molecule has 0 saturated carbocycles. The fourth-order valence-electron chi connectivity index (χ4n) is 1.56. The van der Waals surface area contributed by atoms with Crippen LogP contribution in [-0.2, 0) is 4.79 Å². The fraction of sp³-hybridized carbons (Fsp3) is 0.400. The summed E-state index contributed by atoms with van der Waals surface area (Å²) in [6.45, 7) is 3.11. The number of carbonyl (C=O) groups is 1. The number of nitrogens with one attached hydrogen (secondary N) is 1. The molecule has 0 saturated heterocycles. The topological polar surface area (TPSA) is 38.3 Å². The summed E-state index contributed by atoms with van der Waals surface area (Å²) in [4.78, 5) is 11.3. The molecule has 0 amide bonds. The van der Waals surface area contributed by atoms with Crippen LogP contribution in [0, 0.1) is 5.92 Å². The molecule has 128 valence electrons. The van der Waals surface area contributed by atoms with Crippen LogP contribution < -0.4 is 10.1 Å². The Labute approximate surface area is 130 Å². The van der Waals surface area contributed by atoms with E-state index in [1.165, 1.54) is 7.11 Å². The molecule has 0 spiro atoms. The molecule has 0 heterocycles. The lowest BCUT2D eigenvalue weighted by molar-refractivity contribution is -0.266. The zero-order chi connectivity index (χ0) is 17.8. The van der Waals surface area contributed by atoms with E-state index in [0.29, 0.717) is 17.5 Å². The predicted octanol–water partition coefficient (Wildman–Crippen LogP) is 4.41. The van der Waals surface area contributed by atoms with E-state index >= 15 is 0 Å². The molecule has 0 aliphatic rings. The lowest BCUT2D eigenvalue weighted by Gasteiger charge is -2.19. The number of rotatable bonds is 6. The maximum Gasteiger partial charge on any atom is 0.461 e. The molecule has 0 aromatic heterocycles. The molecular formula is C15H16F5NO2. The zero-order valence-electron chi connectivity index (χ0n) is 12.7. The Kier molecular flexibility index (Phi) is 5.74. The minimum absolute atomic E-state index is 0.0518. The monoisotopic (exact) mass is 337 g/mol. The summed E-state index contributed by atoms with van der Waals surface area (Å²) in [5.41, 5.74) is 0.373. The van der Waals surface area contributed by atoms with Gasteiger partial charge in [0.2, 0.25) is 5.78 Å². The summed E-state index contributed by atoms with van der Waals surface area (Å²) in [6.07, 6.45) is -5.63. The van der Waals surface area contributed by atoms with Crippen LogP contribution in [0.25, 0.3) is 0 Å². The molecule has 8 heteroatoms. The predicted molar refractivity (Wildman–Crippen MR) is 75.5 cm³/mol. The Morgan fingerprint density at radius 1 is 1.13 bits per heavy atom. The summed E-state index contributed by atoms with van der Waals surface area (Å²) in [6, 6.07) is 6.24. The van der Waals surface area contributed by atoms with E-state index in [0.717, 1.165) is 0 Å². The number of halogens is 5. The minimum Gasteiger partial charge on any atom is -0.497 e. The molecule has 0 aliphatic carbocycles. The van der Waals surface area contributed by atoms with Crippen molar-refractivity contribution in [1.82, 2.24) is 0 Å². The molecule has 0 radical (unpaired) electrons. The quantitative estimate of drug-likeness (QED) is 0.617. The number of ether oxygens (including phenoxy) is 1. The highest BCUT2D eigenvalue weighted by Crippen LogP contribution is 2.36. The van der Waals surface area contributed by atoms with Crippen LogP contribution in [0.15, 0.2) is 36.0 Å². The number of methoxy groups -OCH3 is 1. The van der Waals surface area contributed by atoms with Crippen LogP contribution in [0.3, 0.4) is 0 Å². The molecule has 0 atom stereocenters. The number of benzene rings is 1. The number of alkyl halides is 5. The van der Waals surface area contributed by atoms with E-state index in [4.69, 9.17) is 4.74 Å². The molecule has 0 fully saturated rings. The van der Waals surface area contributed by atoms with Crippen molar-refractivity contribution in [2.45, 2.75) is 25.9 Å². The van der Waals surface area contributed by atoms with Crippen molar-refractivity contribution in [1.29, 1.82) is 0 Å². The summed E-state index contributed by atoms with van der Waals surface area (Å²) in [5.74, 6) is -7.65. The second-order valence-corrected chi connectivity index (χ2v) is 5.04. The molecule has 3 nitrogen and oxygen atoms in total. The third kappa shape index (κ3) is 4.67. The van der Waals surface area contributed by atoms with Gasteiger partial charge in [-0.15, -0.1) is 0 Å². The molecular weight excluding hydrogens is 321 g/mol. The fourth-order valence-corrected chi connectivity index (χ4v) is 1.56. The van der Waals surface area contributed by atoms with Crippen LogP contribution in [0.1, 0.15) is 13.8 Å². The smallest absolute Gasteiger partial charge is 0.461 e. The number of ketones is 1. The van der Waals surface area contributed by atoms with Gasteiger partial charge in [-0.1, -0.05) is 13.8 Å². The highest BCUT2D eigenvalue weighted by molar-refractivity contribution is 5.97. The van der Waals surface area contributed by atoms with E-state index in [2.05, 4.69) is 5.32 Å². The first-order chi connectivity index (χ1) is 10.5. The van der Waals surface area contributed by atoms with Crippen LogP contribution >= 0.6 is 0 Å². The van der Waals surface area contributed by atoms with Crippen LogP contribution in [-0.4, -0.2) is 25.0 Å². The van der Waals surface area contributed by atoms with Gasteiger partial charge in [0.25, 0.3) is 0 Å². The molecule has 1 aromatic rings. The highest BCUT2D eigenvalue weighted by atomic mass is 19.4. The second kappa shape index (κ2) is 6.97. The molecule has 0 bridgehead atoms. The van der Waals surface area contributed by atoms with E-state index in [1.54, 1.807) is 38.1 Å². The van der Waals surface area contributed by atoms with Gasteiger partial charge in [-0.25, -0.2) is 0 Å². The minimum atomic E-state index is -5.93. The summed E-state index contributed by atoms with van der Waals surface area (Å²) < 4.78 is 67.6. The lowest BCUT2D eigenvalue weighted by atomic mass is 10.1. The molecule has 0 unspecified atom stereocenters. The average molecular weight is 337 g/mol. The number of hydrogen-bond donors (Lipinski definition) is 1. The van der Waals surface area contributed by atoms with Crippen molar-refractivity contribution in [2.24, 2.45) is 5.92 Å². The van der Waals surface area contributed by atoms with Crippen molar-refractivity contribution in [3.8, 4) is 5.75 Å². The van der Waals surface area contributed by atoms with Crippen molar-refractivity contribution in [3.63, 3.8) is 0 Å². The van der Waals surface area contributed by atoms with Crippen LogP contribution in [0.4, 0.5) is 27.6 Å². The van der Waals surface area contributed by atoms with E-state index in [1.807, 2.05) is 0 Å². The third-order valence-electron chi connectivity index (χ3n) is 2.95. The Balaban J connectivity index is 3.04. The van der Waals surface area contributed by atoms with Crippen molar-refractivity contribution < 1.29 is 31.5 Å². The SMILES string of the molecule is COc1ccc(N/C(=C\C(=O)C(F)(F)C(F)(F)F)C(C)C)cc1. The number of carbonyl (C=O) groups excluding carboxylic acids is 1. The van der Waals surface area contributed by atoms with Crippen LogP contribution in [0.2, 0.25) is 0 Å². The van der Waals surface area contributed by atoms with Gasteiger partial charge in [-0.3, -0.25) is 4.79 Å². The Morgan fingerprint density at radius 2 is 1.65 bits per heavy atom. The van der Waals surface area contributed by atoms with Gasteiger partial charge in [0.15, 0.2) is 0 Å². The summed E-state index contributed by atoms with van der Waals surface area (Å²) >= 11 is 0. The van der Waals surface area contributed by atoms with E-state index in [9.17, 15) is 26.7 Å².